The van der Waals surface area contributed by atoms with E-state index in [1.807, 2.05) is 31.2 Å². The summed E-state index contributed by atoms with van der Waals surface area (Å²) in [5, 5.41) is 3.99. The zero-order valence-electron chi connectivity index (χ0n) is 9.75. The van der Waals surface area contributed by atoms with Gasteiger partial charge in [-0.2, -0.15) is 0 Å². The van der Waals surface area contributed by atoms with Crippen molar-refractivity contribution < 1.29 is 4.39 Å². The molecule has 0 fully saturated rings. The predicted molar refractivity (Wildman–Crippen MR) is 74.9 cm³/mol. The summed E-state index contributed by atoms with van der Waals surface area (Å²) in [6, 6.07) is 12.2. The first-order valence-corrected chi connectivity index (χ1v) is 6.29. The molecule has 2 aromatic rings. The second kappa shape index (κ2) is 5.59. The van der Waals surface area contributed by atoms with Gasteiger partial charge in [-0.25, -0.2) is 4.39 Å². The van der Waals surface area contributed by atoms with Gasteiger partial charge in [0.1, 0.15) is 5.82 Å². The van der Waals surface area contributed by atoms with E-state index in [2.05, 4.69) is 5.32 Å². The molecule has 0 bridgehead atoms. The topological polar surface area (TPSA) is 12.0 Å². The summed E-state index contributed by atoms with van der Waals surface area (Å²) < 4.78 is 13.3. The maximum Gasteiger partial charge on any atom is 0.143 e. The molecule has 1 unspecified atom stereocenters. The summed E-state index contributed by atoms with van der Waals surface area (Å²) in [5.41, 5.74) is 1.64. The fourth-order valence-electron chi connectivity index (χ4n) is 1.74. The molecule has 0 amide bonds. The molecule has 0 saturated heterocycles. The third-order valence-electron chi connectivity index (χ3n) is 2.67. The van der Waals surface area contributed by atoms with Crippen LogP contribution in [0.3, 0.4) is 0 Å². The van der Waals surface area contributed by atoms with E-state index in [1.54, 1.807) is 6.07 Å². The van der Waals surface area contributed by atoms with Crippen LogP contribution in [0.4, 0.5) is 10.1 Å². The number of benzene rings is 2. The van der Waals surface area contributed by atoms with Crippen LogP contribution in [0.5, 0.6) is 0 Å². The van der Waals surface area contributed by atoms with Crippen LogP contribution < -0.4 is 5.32 Å². The molecule has 94 valence electrons. The molecule has 2 aromatic carbocycles. The molecule has 0 spiro atoms. The van der Waals surface area contributed by atoms with Crippen molar-refractivity contribution >= 4 is 28.9 Å². The van der Waals surface area contributed by atoms with Gasteiger partial charge in [0.05, 0.1) is 5.02 Å². The molecule has 1 nitrogen and oxygen atoms in total. The third-order valence-corrected chi connectivity index (χ3v) is 3.33. The molecule has 4 heteroatoms. The van der Waals surface area contributed by atoms with Gasteiger partial charge in [-0.1, -0.05) is 41.4 Å². The van der Waals surface area contributed by atoms with E-state index < -0.39 is 5.82 Å². The molecule has 0 aliphatic carbocycles. The molecule has 0 heterocycles. The maximum atomic E-state index is 13.3. The van der Waals surface area contributed by atoms with Gasteiger partial charge in [0.15, 0.2) is 0 Å². The molecular weight excluding hydrogens is 272 g/mol. The summed E-state index contributed by atoms with van der Waals surface area (Å²) in [6.07, 6.45) is 0. The molecule has 0 saturated carbocycles. The fourth-order valence-corrected chi connectivity index (χ4v) is 2.16. The molecule has 0 radical (unpaired) electrons. The monoisotopic (exact) mass is 283 g/mol. The van der Waals surface area contributed by atoms with Crippen LogP contribution in [0.25, 0.3) is 0 Å². The van der Waals surface area contributed by atoms with Gasteiger partial charge in [0.25, 0.3) is 0 Å². The highest BCUT2D eigenvalue weighted by Gasteiger charge is 2.09. The Kier molecular flexibility index (Phi) is 4.10. The molecule has 0 aliphatic heterocycles. The first-order valence-electron chi connectivity index (χ1n) is 5.54. The van der Waals surface area contributed by atoms with E-state index in [0.717, 1.165) is 5.56 Å². The van der Waals surface area contributed by atoms with Crippen molar-refractivity contribution in [1.82, 2.24) is 0 Å². The Morgan fingerprint density at radius 1 is 1.06 bits per heavy atom. The van der Waals surface area contributed by atoms with Crippen molar-refractivity contribution in [3.8, 4) is 0 Å². The Morgan fingerprint density at radius 3 is 2.44 bits per heavy atom. The van der Waals surface area contributed by atoms with Gasteiger partial charge in [-0.15, -0.1) is 0 Å². The molecule has 1 N–H and O–H groups in total. The van der Waals surface area contributed by atoms with Gasteiger partial charge >= 0.3 is 0 Å². The predicted octanol–water partition coefficient (Wildman–Crippen LogP) is 5.31. The molecule has 2 rings (SSSR count). The molecule has 0 aromatic heterocycles. The van der Waals surface area contributed by atoms with E-state index in [1.165, 1.54) is 12.1 Å². The molecule has 0 aliphatic rings. The summed E-state index contributed by atoms with van der Waals surface area (Å²) in [6.45, 7) is 1.97. The maximum absolute atomic E-state index is 13.3. The number of rotatable bonds is 3. The van der Waals surface area contributed by atoms with Crippen molar-refractivity contribution in [3.63, 3.8) is 0 Å². The first kappa shape index (κ1) is 13.2. The smallest absolute Gasteiger partial charge is 0.143 e. The highest BCUT2D eigenvalue weighted by atomic mass is 35.5. The summed E-state index contributed by atoms with van der Waals surface area (Å²) in [4.78, 5) is 0. The third kappa shape index (κ3) is 2.95. The normalized spacial score (nSPS) is 12.2. The van der Waals surface area contributed by atoms with Gasteiger partial charge in [-0.05, 0) is 36.8 Å². The van der Waals surface area contributed by atoms with Crippen LogP contribution in [0.1, 0.15) is 18.5 Å². The highest BCUT2D eigenvalue weighted by Crippen LogP contribution is 2.27. The van der Waals surface area contributed by atoms with Crippen LogP contribution in [-0.4, -0.2) is 0 Å². The fraction of sp³-hybridized carbons (Fsp3) is 0.143. The zero-order chi connectivity index (χ0) is 13.1. The summed E-state index contributed by atoms with van der Waals surface area (Å²) in [5.74, 6) is -0.437. The Labute approximate surface area is 116 Å². The lowest BCUT2D eigenvalue weighted by atomic mass is 10.1. The largest absolute Gasteiger partial charge is 0.378 e. The van der Waals surface area contributed by atoms with Crippen molar-refractivity contribution in [2.24, 2.45) is 0 Å². The average Bonchev–Trinajstić information content (AvgIpc) is 2.34. The number of anilines is 1. The number of hydrogen-bond acceptors (Lipinski definition) is 1. The van der Waals surface area contributed by atoms with Crippen molar-refractivity contribution in [2.45, 2.75) is 13.0 Å². The lowest BCUT2D eigenvalue weighted by Gasteiger charge is -2.17. The second-order valence-electron chi connectivity index (χ2n) is 4.02. The number of halogens is 3. The van der Waals surface area contributed by atoms with E-state index in [4.69, 9.17) is 23.2 Å². The van der Waals surface area contributed by atoms with E-state index in [-0.39, 0.29) is 11.1 Å². The van der Waals surface area contributed by atoms with Crippen LogP contribution in [0.15, 0.2) is 42.5 Å². The quantitative estimate of drug-likeness (QED) is 0.805. The van der Waals surface area contributed by atoms with E-state index in [9.17, 15) is 4.39 Å². The van der Waals surface area contributed by atoms with E-state index in [0.29, 0.717) is 10.7 Å². The van der Waals surface area contributed by atoms with Crippen LogP contribution >= 0.6 is 23.2 Å². The molecule has 1 atom stereocenters. The number of hydrogen-bond donors (Lipinski definition) is 1. The minimum Gasteiger partial charge on any atom is -0.378 e. The van der Waals surface area contributed by atoms with Crippen LogP contribution in [0, 0.1) is 5.82 Å². The van der Waals surface area contributed by atoms with Gasteiger partial charge in [-0.3, -0.25) is 0 Å². The minimum atomic E-state index is -0.437. The van der Waals surface area contributed by atoms with E-state index >= 15 is 0 Å². The van der Waals surface area contributed by atoms with Gasteiger partial charge < -0.3 is 5.32 Å². The van der Waals surface area contributed by atoms with Gasteiger partial charge in [0, 0.05) is 16.8 Å². The van der Waals surface area contributed by atoms with Gasteiger partial charge in [0.2, 0.25) is 0 Å². The average molecular weight is 284 g/mol. The van der Waals surface area contributed by atoms with Crippen molar-refractivity contribution in [1.29, 1.82) is 0 Å². The van der Waals surface area contributed by atoms with Crippen LogP contribution in [0.2, 0.25) is 10.0 Å². The van der Waals surface area contributed by atoms with Crippen molar-refractivity contribution in [3.05, 3.63) is 63.9 Å². The van der Waals surface area contributed by atoms with Crippen LogP contribution in [-0.2, 0) is 0 Å². The minimum absolute atomic E-state index is 0.0146. The molecular formula is C14H12Cl2FN. The Morgan fingerprint density at radius 2 is 1.78 bits per heavy atom. The Balaban J connectivity index is 2.19. The van der Waals surface area contributed by atoms with Crippen molar-refractivity contribution in [2.75, 3.05) is 5.32 Å². The summed E-state index contributed by atoms with van der Waals surface area (Å²) in [7, 11) is 0. The lowest BCUT2D eigenvalue weighted by molar-refractivity contribution is 0.628. The Hall–Kier alpha value is -1.25. The zero-order valence-corrected chi connectivity index (χ0v) is 11.3. The lowest BCUT2D eigenvalue weighted by Crippen LogP contribution is -2.07. The second-order valence-corrected chi connectivity index (χ2v) is 4.83. The molecule has 18 heavy (non-hydrogen) atoms. The number of nitrogens with one attached hydrogen (secondary N) is 1. The SMILES string of the molecule is CC(Nc1ccc(Cl)c(F)c1)c1ccccc1Cl. The summed E-state index contributed by atoms with van der Waals surface area (Å²) >= 11 is 11.7. The highest BCUT2D eigenvalue weighted by molar-refractivity contribution is 6.31. The standard InChI is InChI=1S/C14H12Cl2FN/c1-9(11-4-2-3-5-12(11)15)18-10-6-7-13(16)14(17)8-10/h2-9,18H,1H3. The Bertz CT molecular complexity index is 557. The first-order chi connectivity index (χ1) is 8.58.